The number of fused-ring (bicyclic) bond motifs is 1. The third-order valence-electron chi connectivity index (χ3n) is 6.24. The van der Waals surface area contributed by atoms with Gasteiger partial charge < -0.3 is 10.6 Å². The van der Waals surface area contributed by atoms with Crippen LogP contribution in [0.3, 0.4) is 0 Å². The van der Waals surface area contributed by atoms with Crippen LogP contribution in [0.2, 0.25) is 0 Å². The van der Waals surface area contributed by atoms with Gasteiger partial charge in [-0.3, -0.25) is 19.1 Å². The molecule has 0 bridgehead atoms. The van der Waals surface area contributed by atoms with Crippen LogP contribution in [0.4, 0.5) is 10.5 Å². The molecule has 1 aliphatic rings. The second kappa shape index (κ2) is 9.75. The van der Waals surface area contributed by atoms with E-state index in [0.29, 0.717) is 33.7 Å². The number of halogens is 1. The summed E-state index contributed by atoms with van der Waals surface area (Å²) in [4.78, 5) is 56.7. The molecule has 0 atom stereocenters. The average molecular weight is 575 g/mol. The zero-order valence-corrected chi connectivity index (χ0v) is 22.4. The fraction of sp³-hybridized carbons (Fsp3) is 0.148. The van der Waals surface area contributed by atoms with Crippen molar-refractivity contribution in [2.24, 2.45) is 0 Å². The monoisotopic (exact) mass is 574 g/mol. The lowest BCUT2D eigenvalue weighted by atomic mass is 10.2. The van der Waals surface area contributed by atoms with Crippen LogP contribution in [0.15, 0.2) is 69.6 Å². The Kier molecular flexibility index (Phi) is 6.45. The molecule has 10 nitrogen and oxygen atoms in total. The Balaban J connectivity index is 1.42. The van der Waals surface area contributed by atoms with Crippen LogP contribution in [0.5, 0.6) is 0 Å². The minimum absolute atomic E-state index is 0.0346. The van der Waals surface area contributed by atoms with E-state index in [2.05, 4.69) is 31.5 Å². The van der Waals surface area contributed by atoms with Gasteiger partial charge in [0.25, 0.3) is 11.5 Å². The first-order valence-corrected chi connectivity index (χ1v) is 12.5. The second-order valence-electron chi connectivity index (χ2n) is 8.87. The van der Waals surface area contributed by atoms with Gasteiger partial charge in [0, 0.05) is 21.5 Å². The summed E-state index contributed by atoms with van der Waals surface area (Å²) in [5.74, 6) is -0.622. The fourth-order valence-corrected chi connectivity index (χ4v) is 4.71. The predicted molar refractivity (Wildman–Crippen MR) is 146 cm³/mol. The van der Waals surface area contributed by atoms with Gasteiger partial charge in [-0.15, -0.1) is 0 Å². The Labute approximate surface area is 225 Å². The number of anilines is 1. The second-order valence-corrected chi connectivity index (χ2v) is 9.78. The number of imide groups is 1. The summed E-state index contributed by atoms with van der Waals surface area (Å²) in [5.41, 5.74) is 3.01. The molecule has 4 aromatic rings. The maximum Gasteiger partial charge on any atom is 0.329 e. The highest BCUT2D eigenvalue weighted by Gasteiger charge is 2.35. The topological polar surface area (TPSA) is 118 Å². The number of hydrogen-bond donors (Lipinski definition) is 2. The molecule has 0 radical (unpaired) electrons. The first-order valence-electron chi connectivity index (χ1n) is 11.7. The highest BCUT2D eigenvalue weighted by Crippen LogP contribution is 2.22. The predicted octanol–water partition coefficient (Wildman–Crippen LogP) is 3.73. The summed E-state index contributed by atoms with van der Waals surface area (Å²) in [6.07, 6.45) is 1.54. The van der Waals surface area contributed by atoms with E-state index >= 15 is 0 Å². The van der Waals surface area contributed by atoms with Crippen molar-refractivity contribution in [2.45, 2.75) is 20.8 Å². The van der Waals surface area contributed by atoms with Crippen LogP contribution in [-0.4, -0.2) is 43.6 Å². The van der Waals surface area contributed by atoms with Crippen molar-refractivity contribution in [1.29, 1.82) is 0 Å². The molecule has 2 aromatic heterocycles. The molecule has 0 saturated carbocycles. The number of aryl methyl sites for hydroxylation is 2. The summed E-state index contributed by atoms with van der Waals surface area (Å²) >= 11 is 3.33. The van der Waals surface area contributed by atoms with Gasteiger partial charge in [0.15, 0.2) is 0 Å². The lowest BCUT2D eigenvalue weighted by Gasteiger charge is -2.16. The number of amides is 4. The molecule has 1 fully saturated rings. The molecule has 0 unspecified atom stereocenters. The third kappa shape index (κ3) is 4.52. The molecule has 0 aliphatic carbocycles. The molecule has 0 spiro atoms. The normalized spacial score (nSPS) is 14.4. The van der Waals surface area contributed by atoms with Gasteiger partial charge in [-0.1, -0.05) is 28.1 Å². The highest BCUT2D eigenvalue weighted by molar-refractivity contribution is 9.10. The number of aromatic nitrogens is 3. The average Bonchev–Trinajstić information content (AvgIpc) is 3.30. The number of hydrogen-bond acceptors (Lipinski definition) is 5. The van der Waals surface area contributed by atoms with Gasteiger partial charge in [0.05, 0.1) is 10.9 Å². The zero-order chi connectivity index (χ0) is 27.1. The number of carbonyl (C=O) groups is 3. The van der Waals surface area contributed by atoms with Crippen molar-refractivity contribution in [1.82, 2.24) is 24.6 Å². The summed E-state index contributed by atoms with van der Waals surface area (Å²) in [6, 6.07) is 15.2. The molecule has 2 N–H and O–H groups in total. The van der Waals surface area contributed by atoms with E-state index < -0.39 is 24.4 Å². The molecule has 1 aliphatic heterocycles. The Hall–Kier alpha value is -4.51. The first kappa shape index (κ1) is 25.2. The number of nitrogens with zero attached hydrogens (tertiary/aromatic N) is 4. The van der Waals surface area contributed by atoms with Crippen molar-refractivity contribution in [3.63, 3.8) is 0 Å². The van der Waals surface area contributed by atoms with Crippen molar-refractivity contribution >= 4 is 56.4 Å². The fourth-order valence-electron chi connectivity index (χ4n) is 4.45. The van der Waals surface area contributed by atoms with E-state index in [9.17, 15) is 19.2 Å². The Morgan fingerprint density at radius 3 is 2.47 bits per heavy atom. The summed E-state index contributed by atoms with van der Waals surface area (Å²) in [7, 11) is 0. The number of urea groups is 1. The summed E-state index contributed by atoms with van der Waals surface area (Å²) < 4.78 is 4.08. The Morgan fingerprint density at radius 1 is 1.03 bits per heavy atom. The van der Waals surface area contributed by atoms with Crippen LogP contribution in [-0.2, 0) is 9.59 Å². The van der Waals surface area contributed by atoms with Crippen molar-refractivity contribution in [2.75, 3.05) is 11.9 Å². The molecule has 38 heavy (non-hydrogen) atoms. The first-order chi connectivity index (χ1) is 18.1. The van der Waals surface area contributed by atoms with Crippen molar-refractivity contribution in [3.05, 3.63) is 97.9 Å². The number of rotatable bonds is 5. The smallest absolute Gasteiger partial charge is 0.325 e. The maximum atomic E-state index is 13.3. The van der Waals surface area contributed by atoms with Gasteiger partial charge in [-0.25, -0.2) is 14.7 Å². The van der Waals surface area contributed by atoms with Crippen LogP contribution in [0, 0.1) is 20.8 Å². The number of carbonyl (C=O) groups excluding carboxylic acids is 3. The largest absolute Gasteiger partial charge is 0.329 e. The molecule has 11 heteroatoms. The van der Waals surface area contributed by atoms with E-state index in [1.165, 1.54) is 4.68 Å². The van der Waals surface area contributed by atoms with E-state index in [1.54, 1.807) is 60.1 Å². The molecular weight excluding hydrogens is 552 g/mol. The molecule has 1 saturated heterocycles. The van der Waals surface area contributed by atoms with E-state index in [-0.39, 0.29) is 11.3 Å². The summed E-state index contributed by atoms with van der Waals surface area (Å²) in [6.45, 7) is 4.96. The molecule has 4 amide bonds. The molecule has 3 heterocycles. The Morgan fingerprint density at radius 2 is 1.74 bits per heavy atom. The quantitative estimate of drug-likeness (QED) is 0.278. The van der Waals surface area contributed by atoms with Crippen LogP contribution in [0.25, 0.3) is 17.0 Å². The zero-order valence-electron chi connectivity index (χ0n) is 20.8. The van der Waals surface area contributed by atoms with Crippen molar-refractivity contribution in [3.8, 4) is 0 Å². The van der Waals surface area contributed by atoms with Gasteiger partial charge >= 0.3 is 6.03 Å². The van der Waals surface area contributed by atoms with Crippen LogP contribution >= 0.6 is 15.9 Å². The third-order valence-corrected chi connectivity index (χ3v) is 6.77. The molecule has 5 rings (SSSR count). The minimum atomic E-state index is -0.688. The SMILES string of the molecule is Cc1cc(C=C2NC(=O)N(CC(=O)Nc3ccc(Br)cc3)C2=O)c(C)n1-n1c(C)nc2ccccc2c1=O. The standard InChI is InChI=1S/C27H23BrN6O4/c1-15-12-18(16(2)33(15)34-17(3)29-22-7-5-4-6-21(22)25(34)36)13-23-26(37)32(27(38)31-23)14-24(35)30-20-10-8-19(28)9-11-20/h4-13H,14H2,1-3H3,(H,30,35)(H,31,38). The van der Waals surface area contributed by atoms with Crippen LogP contribution in [0.1, 0.15) is 22.8 Å². The van der Waals surface area contributed by atoms with E-state index in [0.717, 1.165) is 15.1 Å². The summed E-state index contributed by atoms with van der Waals surface area (Å²) in [5, 5.41) is 5.70. The number of benzene rings is 2. The Bertz CT molecular complexity index is 1720. The number of nitrogens with one attached hydrogen (secondary N) is 2. The number of para-hydroxylation sites is 1. The van der Waals surface area contributed by atoms with Crippen molar-refractivity contribution < 1.29 is 14.4 Å². The lowest BCUT2D eigenvalue weighted by Crippen LogP contribution is -2.38. The van der Waals surface area contributed by atoms with E-state index in [4.69, 9.17) is 0 Å². The van der Waals surface area contributed by atoms with Gasteiger partial charge in [-0.05, 0) is 74.9 Å². The lowest BCUT2D eigenvalue weighted by molar-refractivity contribution is -0.127. The van der Waals surface area contributed by atoms with Crippen LogP contribution < -0.4 is 16.2 Å². The minimum Gasteiger partial charge on any atom is -0.325 e. The van der Waals surface area contributed by atoms with Gasteiger partial charge in [0.2, 0.25) is 5.91 Å². The molecule has 2 aromatic carbocycles. The van der Waals surface area contributed by atoms with Gasteiger partial charge in [0.1, 0.15) is 18.1 Å². The molecule has 192 valence electrons. The molecular formula is C27H23BrN6O4. The maximum absolute atomic E-state index is 13.3. The van der Waals surface area contributed by atoms with Gasteiger partial charge in [-0.2, -0.15) is 4.68 Å². The van der Waals surface area contributed by atoms with E-state index in [1.807, 2.05) is 26.0 Å². The highest BCUT2D eigenvalue weighted by atomic mass is 79.9.